The summed E-state index contributed by atoms with van der Waals surface area (Å²) in [7, 11) is 0. The zero-order valence-corrected chi connectivity index (χ0v) is 29.4. The summed E-state index contributed by atoms with van der Waals surface area (Å²) in [5.74, 6) is -0.0688. The molecule has 5 aromatic carbocycles. The minimum atomic E-state index is -0.650. The van der Waals surface area contributed by atoms with Crippen LogP contribution in [0.2, 0.25) is 5.02 Å². The highest BCUT2D eigenvalue weighted by molar-refractivity contribution is 8.00. The van der Waals surface area contributed by atoms with Crippen LogP contribution in [0.3, 0.4) is 0 Å². The fraction of sp³-hybridized carbons (Fsp3) is 0.122. The molecular weight excluding hydrogens is 682 g/mol. The molecule has 4 amide bonds. The Morgan fingerprint density at radius 2 is 1.51 bits per heavy atom. The van der Waals surface area contributed by atoms with Gasteiger partial charge >= 0.3 is 0 Å². The minimum absolute atomic E-state index is 0.0249. The SMILES string of the molecule is CC(C)c1ccc(/C=C(\NC(=O)c2ccccc2)C(=O)Nc2cccc(S[C@H]3CC(=O)N(c4ccc(Oc5ccc(Cl)cc5)cc4)C3=O)c2)cc1. The Kier molecular flexibility index (Phi) is 11.0. The Bertz CT molecular complexity index is 2080. The van der Waals surface area contributed by atoms with E-state index in [0.717, 1.165) is 11.1 Å². The summed E-state index contributed by atoms with van der Waals surface area (Å²) in [6, 6.07) is 37.2. The second-order valence-electron chi connectivity index (χ2n) is 12.1. The number of hydrogen-bond donors (Lipinski definition) is 2. The van der Waals surface area contributed by atoms with Crippen molar-refractivity contribution in [3.63, 3.8) is 0 Å². The number of imide groups is 1. The van der Waals surface area contributed by atoms with Crippen LogP contribution in [0.5, 0.6) is 11.5 Å². The van der Waals surface area contributed by atoms with Gasteiger partial charge in [-0.15, -0.1) is 11.8 Å². The first-order valence-electron chi connectivity index (χ1n) is 16.3. The third-order valence-corrected chi connectivity index (χ3v) is 9.49. The molecule has 1 aliphatic heterocycles. The maximum atomic E-state index is 13.6. The molecular formula is C41H34ClN3O5S. The Morgan fingerprint density at radius 1 is 0.843 bits per heavy atom. The van der Waals surface area contributed by atoms with E-state index < -0.39 is 17.1 Å². The van der Waals surface area contributed by atoms with Crippen molar-refractivity contribution in [2.75, 3.05) is 10.2 Å². The number of carbonyl (C=O) groups excluding carboxylic acids is 4. The minimum Gasteiger partial charge on any atom is -0.457 e. The summed E-state index contributed by atoms with van der Waals surface area (Å²) < 4.78 is 5.83. The van der Waals surface area contributed by atoms with Crippen LogP contribution in [0, 0.1) is 0 Å². The number of nitrogens with one attached hydrogen (secondary N) is 2. The van der Waals surface area contributed by atoms with E-state index in [9.17, 15) is 19.2 Å². The summed E-state index contributed by atoms with van der Waals surface area (Å²) >= 11 is 7.20. The van der Waals surface area contributed by atoms with Gasteiger partial charge in [0.05, 0.1) is 10.9 Å². The van der Waals surface area contributed by atoms with Gasteiger partial charge in [-0.25, -0.2) is 4.90 Å². The molecule has 5 aromatic rings. The van der Waals surface area contributed by atoms with Crippen molar-refractivity contribution in [1.82, 2.24) is 5.32 Å². The number of nitrogens with zero attached hydrogens (tertiary/aromatic N) is 1. The van der Waals surface area contributed by atoms with E-state index in [4.69, 9.17) is 16.3 Å². The zero-order chi connectivity index (χ0) is 35.9. The Hall–Kier alpha value is -5.64. The van der Waals surface area contributed by atoms with Crippen LogP contribution in [0.15, 0.2) is 138 Å². The van der Waals surface area contributed by atoms with Gasteiger partial charge in [-0.3, -0.25) is 19.2 Å². The maximum Gasteiger partial charge on any atom is 0.272 e. The molecule has 10 heteroatoms. The van der Waals surface area contributed by atoms with E-state index in [-0.39, 0.29) is 23.9 Å². The third kappa shape index (κ3) is 8.94. The standard InChI is InChI=1S/C41H34ClN3O5S/c1-26(2)28-13-11-27(12-14-28)23-36(44-39(47)29-7-4-3-5-8-29)40(48)43-31-9-6-10-35(24-31)51-37-25-38(46)45(41(37)49)32-17-21-34(22-18-32)50-33-19-15-30(42)16-20-33/h3-24,26,37H,25H2,1-2H3,(H,43,48)(H,44,47)/b36-23-/t37-/m0/s1. The number of benzene rings is 5. The molecule has 0 spiro atoms. The van der Waals surface area contributed by atoms with Crippen LogP contribution in [0.25, 0.3) is 6.08 Å². The van der Waals surface area contributed by atoms with Crippen LogP contribution in [0.4, 0.5) is 11.4 Å². The molecule has 1 saturated heterocycles. The number of thioether (sulfide) groups is 1. The van der Waals surface area contributed by atoms with Gasteiger partial charge in [0.2, 0.25) is 11.8 Å². The van der Waals surface area contributed by atoms with E-state index in [0.29, 0.717) is 44.3 Å². The molecule has 0 aliphatic carbocycles. The lowest BCUT2D eigenvalue weighted by Crippen LogP contribution is -2.31. The monoisotopic (exact) mass is 715 g/mol. The summed E-state index contributed by atoms with van der Waals surface area (Å²) in [4.78, 5) is 55.1. The topological polar surface area (TPSA) is 105 Å². The molecule has 2 N–H and O–H groups in total. The van der Waals surface area contributed by atoms with Crippen molar-refractivity contribution >= 4 is 64.4 Å². The van der Waals surface area contributed by atoms with Gasteiger partial charge in [-0.2, -0.15) is 0 Å². The predicted octanol–water partition coefficient (Wildman–Crippen LogP) is 9.09. The van der Waals surface area contributed by atoms with Crippen LogP contribution in [-0.2, 0) is 14.4 Å². The molecule has 0 radical (unpaired) electrons. The van der Waals surface area contributed by atoms with E-state index in [1.165, 1.54) is 16.7 Å². The number of anilines is 2. The van der Waals surface area contributed by atoms with Gasteiger partial charge < -0.3 is 15.4 Å². The molecule has 0 saturated carbocycles. The lowest BCUT2D eigenvalue weighted by atomic mass is 10.0. The zero-order valence-electron chi connectivity index (χ0n) is 27.8. The Balaban J connectivity index is 1.14. The van der Waals surface area contributed by atoms with Gasteiger partial charge in [0.1, 0.15) is 17.2 Å². The highest BCUT2D eigenvalue weighted by Crippen LogP contribution is 2.36. The van der Waals surface area contributed by atoms with E-state index in [1.54, 1.807) is 97.1 Å². The molecule has 1 fully saturated rings. The first-order chi connectivity index (χ1) is 24.6. The average Bonchev–Trinajstić information content (AvgIpc) is 3.41. The molecule has 51 heavy (non-hydrogen) atoms. The number of carbonyl (C=O) groups is 4. The van der Waals surface area contributed by atoms with Crippen molar-refractivity contribution in [2.45, 2.75) is 36.3 Å². The Morgan fingerprint density at radius 3 is 2.18 bits per heavy atom. The fourth-order valence-electron chi connectivity index (χ4n) is 5.37. The molecule has 1 heterocycles. The second-order valence-corrected chi connectivity index (χ2v) is 13.8. The summed E-state index contributed by atoms with van der Waals surface area (Å²) in [5.41, 5.74) is 3.30. The average molecular weight is 716 g/mol. The molecule has 0 aromatic heterocycles. The van der Waals surface area contributed by atoms with Crippen molar-refractivity contribution in [3.8, 4) is 11.5 Å². The molecule has 1 aliphatic rings. The number of ether oxygens (including phenoxy) is 1. The largest absolute Gasteiger partial charge is 0.457 e. The number of hydrogen-bond acceptors (Lipinski definition) is 6. The predicted molar refractivity (Wildman–Crippen MR) is 202 cm³/mol. The van der Waals surface area contributed by atoms with Gasteiger partial charge in [0.25, 0.3) is 11.8 Å². The number of rotatable bonds is 11. The summed E-state index contributed by atoms with van der Waals surface area (Å²) in [5, 5.41) is 5.59. The van der Waals surface area contributed by atoms with Crippen LogP contribution < -0.4 is 20.3 Å². The molecule has 256 valence electrons. The van der Waals surface area contributed by atoms with Gasteiger partial charge in [-0.05, 0) is 102 Å². The van der Waals surface area contributed by atoms with Crippen molar-refractivity contribution < 1.29 is 23.9 Å². The van der Waals surface area contributed by atoms with Crippen molar-refractivity contribution in [2.24, 2.45) is 0 Å². The molecule has 6 rings (SSSR count). The summed E-state index contributed by atoms with van der Waals surface area (Å²) in [6.45, 7) is 4.21. The van der Waals surface area contributed by atoms with E-state index in [2.05, 4.69) is 24.5 Å². The smallest absolute Gasteiger partial charge is 0.272 e. The lowest BCUT2D eigenvalue weighted by molar-refractivity contribution is -0.121. The van der Waals surface area contributed by atoms with E-state index in [1.807, 2.05) is 36.4 Å². The van der Waals surface area contributed by atoms with Crippen LogP contribution >= 0.6 is 23.4 Å². The normalized spacial score (nSPS) is 14.5. The maximum absolute atomic E-state index is 13.6. The number of amides is 4. The number of halogens is 1. The molecule has 8 nitrogen and oxygen atoms in total. The summed E-state index contributed by atoms with van der Waals surface area (Å²) in [6.07, 6.45) is 1.66. The second kappa shape index (κ2) is 15.9. The van der Waals surface area contributed by atoms with Crippen LogP contribution in [-0.4, -0.2) is 28.9 Å². The quantitative estimate of drug-likeness (QED) is 0.104. The first-order valence-corrected chi connectivity index (χ1v) is 17.5. The van der Waals surface area contributed by atoms with Crippen molar-refractivity contribution in [3.05, 3.63) is 155 Å². The lowest BCUT2D eigenvalue weighted by Gasteiger charge is -2.16. The Labute approximate surface area is 305 Å². The third-order valence-electron chi connectivity index (χ3n) is 8.06. The first kappa shape index (κ1) is 35.2. The van der Waals surface area contributed by atoms with Gasteiger partial charge in [0, 0.05) is 27.6 Å². The van der Waals surface area contributed by atoms with Crippen LogP contribution in [0.1, 0.15) is 47.7 Å². The molecule has 0 unspecified atom stereocenters. The molecule has 1 atom stereocenters. The highest BCUT2D eigenvalue weighted by Gasteiger charge is 2.40. The van der Waals surface area contributed by atoms with Gasteiger partial charge in [-0.1, -0.05) is 74.0 Å². The van der Waals surface area contributed by atoms with E-state index >= 15 is 0 Å². The van der Waals surface area contributed by atoms with Crippen molar-refractivity contribution in [1.29, 1.82) is 0 Å². The fourth-order valence-corrected chi connectivity index (χ4v) is 6.60. The van der Waals surface area contributed by atoms with Gasteiger partial charge in [0.15, 0.2) is 0 Å². The highest BCUT2D eigenvalue weighted by atomic mass is 35.5. The molecule has 0 bridgehead atoms.